The third kappa shape index (κ3) is 3.45. The standard InChI is InChI=1S/C12H7ClF3N3O/c13-11-17-5-4-9(19-11)7-2-1-3-8(6-7)18-10(20)12(14,15)16/h1-6H,(H,18,20). The Labute approximate surface area is 116 Å². The van der Waals surface area contributed by atoms with Gasteiger partial charge in [-0.1, -0.05) is 12.1 Å². The average molecular weight is 302 g/mol. The molecule has 0 spiro atoms. The lowest BCUT2D eigenvalue weighted by atomic mass is 10.1. The number of amides is 1. The molecule has 0 saturated carbocycles. The fourth-order valence-corrected chi connectivity index (χ4v) is 1.60. The van der Waals surface area contributed by atoms with E-state index < -0.39 is 12.1 Å². The summed E-state index contributed by atoms with van der Waals surface area (Å²) in [4.78, 5) is 18.5. The molecule has 0 atom stereocenters. The largest absolute Gasteiger partial charge is 0.471 e. The van der Waals surface area contributed by atoms with E-state index in [4.69, 9.17) is 11.6 Å². The van der Waals surface area contributed by atoms with Crippen LogP contribution in [0.4, 0.5) is 18.9 Å². The highest BCUT2D eigenvalue weighted by atomic mass is 35.5. The van der Waals surface area contributed by atoms with E-state index in [1.54, 1.807) is 17.4 Å². The van der Waals surface area contributed by atoms with Crippen LogP contribution in [0.2, 0.25) is 5.28 Å². The summed E-state index contributed by atoms with van der Waals surface area (Å²) in [6.07, 6.45) is -3.51. The maximum absolute atomic E-state index is 12.2. The highest BCUT2D eigenvalue weighted by molar-refractivity contribution is 6.28. The number of nitrogens with zero attached hydrogens (tertiary/aromatic N) is 2. The molecule has 1 aromatic heterocycles. The minimum absolute atomic E-state index is 0.0135. The second-order valence-corrected chi connectivity index (χ2v) is 4.08. The number of hydrogen-bond donors (Lipinski definition) is 1. The number of aromatic nitrogens is 2. The molecule has 4 nitrogen and oxygen atoms in total. The van der Waals surface area contributed by atoms with Crippen LogP contribution in [-0.4, -0.2) is 22.1 Å². The fraction of sp³-hybridized carbons (Fsp3) is 0.0833. The Morgan fingerprint density at radius 3 is 2.65 bits per heavy atom. The zero-order chi connectivity index (χ0) is 14.8. The van der Waals surface area contributed by atoms with Crippen molar-refractivity contribution in [2.75, 3.05) is 5.32 Å². The summed E-state index contributed by atoms with van der Waals surface area (Å²) in [5.41, 5.74) is 0.960. The molecule has 1 heterocycles. The van der Waals surface area contributed by atoms with E-state index >= 15 is 0 Å². The van der Waals surface area contributed by atoms with E-state index in [2.05, 4.69) is 9.97 Å². The third-order valence-electron chi connectivity index (χ3n) is 2.30. The first-order chi connectivity index (χ1) is 9.36. The van der Waals surface area contributed by atoms with Crippen molar-refractivity contribution in [2.45, 2.75) is 6.18 Å². The smallest absolute Gasteiger partial charge is 0.318 e. The molecule has 2 aromatic rings. The van der Waals surface area contributed by atoms with Gasteiger partial charge in [0.15, 0.2) is 0 Å². The zero-order valence-electron chi connectivity index (χ0n) is 9.78. The normalized spacial score (nSPS) is 11.2. The van der Waals surface area contributed by atoms with Gasteiger partial charge in [0.1, 0.15) is 0 Å². The van der Waals surface area contributed by atoms with E-state index in [-0.39, 0.29) is 11.0 Å². The number of hydrogen-bond acceptors (Lipinski definition) is 3. The second-order valence-electron chi connectivity index (χ2n) is 3.74. The summed E-state index contributed by atoms with van der Waals surface area (Å²) in [6.45, 7) is 0. The van der Waals surface area contributed by atoms with Gasteiger partial charge in [-0.15, -0.1) is 0 Å². The Bertz CT molecular complexity index is 646. The Kier molecular flexibility index (Phi) is 3.89. The van der Waals surface area contributed by atoms with E-state index in [1.807, 2.05) is 0 Å². The van der Waals surface area contributed by atoms with Crippen molar-refractivity contribution in [2.24, 2.45) is 0 Å². The number of carbonyl (C=O) groups excluding carboxylic acids is 1. The van der Waals surface area contributed by atoms with Gasteiger partial charge in [-0.3, -0.25) is 4.79 Å². The molecule has 0 aliphatic heterocycles. The molecule has 104 valence electrons. The molecule has 20 heavy (non-hydrogen) atoms. The van der Waals surface area contributed by atoms with Gasteiger partial charge >= 0.3 is 12.1 Å². The van der Waals surface area contributed by atoms with Gasteiger partial charge in [-0.25, -0.2) is 9.97 Å². The molecular weight excluding hydrogens is 295 g/mol. The summed E-state index contributed by atoms with van der Waals surface area (Å²) in [5.74, 6) is -2.03. The summed E-state index contributed by atoms with van der Waals surface area (Å²) in [6, 6.07) is 7.38. The van der Waals surface area contributed by atoms with Gasteiger partial charge in [-0.05, 0) is 29.8 Å². The summed E-state index contributed by atoms with van der Waals surface area (Å²) in [5, 5.41) is 1.79. The Balaban J connectivity index is 2.27. The quantitative estimate of drug-likeness (QED) is 0.866. The monoisotopic (exact) mass is 301 g/mol. The van der Waals surface area contributed by atoms with Crippen LogP contribution in [0.5, 0.6) is 0 Å². The SMILES string of the molecule is O=C(Nc1cccc(-c2ccnc(Cl)n2)c1)C(F)(F)F. The predicted molar refractivity (Wildman–Crippen MR) is 67.2 cm³/mol. The number of carbonyl (C=O) groups is 1. The van der Waals surface area contributed by atoms with Crippen LogP contribution in [-0.2, 0) is 4.79 Å². The maximum atomic E-state index is 12.2. The lowest BCUT2D eigenvalue weighted by molar-refractivity contribution is -0.167. The van der Waals surface area contributed by atoms with Gasteiger partial charge in [0.25, 0.3) is 0 Å². The molecule has 0 fully saturated rings. The van der Waals surface area contributed by atoms with Crippen molar-refractivity contribution in [3.8, 4) is 11.3 Å². The highest BCUT2D eigenvalue weighted by Gasteiger charge is 2.38. The Hall–Kier alpha value is -2.15. The van der Waals surface area contributed by atoms with Gasteiger partial charge in [0.2, 0.25) is 5.28 Å². The number of anilines is 1. The molecule has 2 rings (SSSR count). The lowest BCUT2D eigenvalue weighted by Gasteiger charge is -2.09. The molecule has 0 bridgehead atoms. The lowest BCUT2D eigenvalue weighted by Crippen LogP contribution is -2.29. The Morgan fingerprint density at radius 2 is 2.00 bits per heavy atom. The van der Waals surface area contributed by atoms with Gasteiger partial charge in [0, 0.05) is 17.4 Å². The number of halogens is 4. The molecule has 1 N–H and O–H groups in total. The Morgan fingerprint density at radius 1 is 1.25 bits per heavy atom. The van der Waals surface area contributed by atoms with Crippen LogP contribution >= 0.6 is 11.6 Å². The van der Waals surface area contributed by atoms with Crippen molar-refractivity contribution >= 4 is 23.2 Å². The number of benzene rings is 1. The topological polar surface area (TPSA) is 54.9 Å². The van der Waals surface area contributed by atoms with Crippen molar-refractivity contribution in [1.82, 2.24) is 9.97 Å². The van der Waals surface area contributed by atoms with Crippen molar-refractivity contribution in [3.63, 3.8) is 0 Å². The molecule has 0 radical (unpaired) electrons. The van der Waals surface area contributed by atoms with Crippen LogP contribution < -0.4 is 5.32 Å². The van der Waals surface area contributed by atoms with Crippen molar-refractivity contribution in [1.29, 1.82) is 0 Å². The average Bonchev–Trinajstić information content (AvgIpc) is 2.38. The van der Waals surface area contributed by atoms with Crippen LogP contribution in [0.1, 0.15) is 0 Å². The first-order valence-electron chi connectivity index (χ1n) is 5.33. The van der Waals surface area contributed by atoms with Gasteiger partial charge in [0.05, 0.1) is 5.69 Å². The molecule has 1 amide bonds. The molecule has 0 aliphatic rings. The van der Waals surface area contributed by atoms with Crippen LogP contribution in [0.25, 0.3) is 11.3 Å². The van der Waals surface area contributed by atoms with E-state index in [0.717, 1.165) is 0 Å². The van der Waals surface area contributed by atoms with Crippen molar-refractivity contribution < 1.29 is 18.0 Å². The van der Waals surface area contributed by atoms with Crippen molar-refractivity contribution in [3.05, 3.63) is 41.8 Å². The van der Waals surface area contributed by atoms with E-state index in [0.29, 0.717) is 11.3 Å². The maximum Gasteiger partial charge on any atom is 0.471 e. The molecule has 1 aromatic carbocycles. The molecule has 0 aliphatic carbocycles. The molecular formula is C12H7ClF3N3O. The number of nitrogens with one attached hydrogen (secondary N) is 1. The first kappa shape index (κ1) is 14.3. The fourth-order valence-electron chi connectivity index (χ4n) is 1.45. The van der Waals surface area contributed by atoms with Crippen LogP contribution in [0, 0.1) is 0 Å². The first-order valence-corrected chi connectivity index (χ1v) is 5.71. The van der Waals surface area contributed by atoms with E-state index in [1.165, 1.54) is 24.4 Å². The summed E-state index contributed by atoms with van der Waals surface area (Å²) in [7, 11) is 0. The molecule has 0 unspecified atom stereocenters. The molecule has 8 heteroatoms. The highest BCUT2D eigenvalue weighted by Crippen LogP contribution is 2.23. The summed E-state index contributed by atoms with van der Waals surface area (Å²) < 4.78 is 36.5. The van der Waals surface area contributed by atoms with Gasteiger partial charge in [-0.2, -0.15) is 13.2 Å². The summed E-state index contributed by atoms with van der Waals surface area (Å²) >= 11 is 5.64. The second kappa shape index (κ2) is 5.46. The third-order valence-corrected chi connectivity index (χ3v) is 2.48. The van der Waals surface area contributed by atoms with Crippen LogP contribution in [0.3, 0.4) is 0 Å². The zero-order valence-corrected chi connectivity index (χ0v) is 10.5. The predicted octanol–water partition coefficient (Wildman–Crippen LogP) is 3.30. The minimum atomic E-state index is -4.94. The van der Waals surface area contributed by atoms with Gasteiger partial charge < -0.3 is 5.32 Å². The molecule has 0 saturated heterocycles. The number of alkyl halides is 3. The minimum Gasteiger partial charge on any atom is -0.318 e. The number of rotatable bonds is 2. The van der Waals surface area contributed by atoms with Crippen LogP contribution in [0.15, 0.2) is 36.5 Å². The van der Waals surface area contributed by atoms with E-state index in [9.17, 15) is 18.0 Å².